The van der Waals surface area contributed by atoms with Crippen LogP contribution in [0, 0.1) is 0 Å². The van der Waals surface area contributed by atoms with Crippen LogP contribution in [-0.4, -0.2) is 30.3 Å². The van der Waals surface area contributed by atoms with Crippen molar-refractivity contribution in [2.45, 2.75) is 36.8 Å². The number of hydrogen-bond acceptors (Lipinski definition) is 4. The van der Waals surface area contributed by atoms with Crippen molar-refractivity contribution in [2.24, 2.45) is 0 Å². The third-order valence-corrected chi connectivity index (χ3v) is 3.70. The van der Waals surface area contributed by atoms with Crippen molar-refractivity contribution in [1.29, 1.82) is 0 Å². The molecular weight excluding hydrogens is 262 g/mol. The molecule has 5 heteroatoms. The molecule has 0 unspecified atom stereocenters. The van der Waals surface area contributed by atoms with Gasteiger partial charge in [0.25, 0.3) is 5.91 Å². The molecule has 1 aromatic rings. The van der Waals surface area contributed by atoms with E-state index < -0.39 is 12.1 Å². The van der Waals surface area contributed by atoms with Gasteiger partial charge in [0.05, 0.1) is 5.56 Å². The molecule has 0 aliphatic heterocycles. The molecule has 0 radical (unpaired) electrons. The third-order valence-electron chi connectivity index (χ3n) is 2.90. The summed E-state index contributed by atoms with van der Waals surface area (Å²) >= 11 is 1.48. The number of esters is 1. The first-order valence-electron chi connectivity index (χ1n) is 6.26. The van der Waals surface area contributed by atoms with Gasteiger partial charge in [0, 0.05) is 10.9 Å². The standard InChI is InChI=1S/C14H17NO3S/c1-9(13(16)15-10-7-8-10)18-14(17)11-5-3-4-6-12(11)19-2/h3-6,9-10H,7-8H2,1-2H3,(H,15,16)/t9-/m1/s1. The SMILES string of the molecule is CSc1ccccc1C(=O)O[C@H](C)C(=O)NC1CC1. The summed E-state index contributed by atoms with van der Waals surface area (Å²) in [5.41, 5.74) is 0.501. The van der Waals surface area contributed by atoms with Crippen molar-refractivity contribution in [3.63, 3.8) is 0 Å². The molecule has 1 fully saturated rings. The van der Waals surface area contributed by atoms with Crippen LogP contribution in [0.5, 0.6) is 0 Å². The molecule has 4 nitrogen and oxygen atoms in total. The number of thioether (sulfide) groups is 1. The van der Waals surface area contributed by atoms with Gasteiger partial charge >= 0.3 is 5.97 Å². The summed E-state index contributed by atoms with van der Waals surface area (Å²) in [7, 11) is 0. The van der Waals surface area contributed by atoms with E-state index in [2.05, 4.69) is 5.32 Å². The molecule has 1 saturated carbocycles. The highest BCUT2D eigenvalue weighted by molar-refractivity contribution is 7.98. The minimum atomic E-state index is -0.761. The molecule has 0 aromatic heterocycles. The quantitative estimate of drug-likeness (QED) is 0.663. The van der Waals surface area contributed by atoms with Crippen molar-refractivity contribution in [2.75, 3.05) is 6.26 Å². The number of rotatable bonds is 5. The summed E-state index contributed by atoms with van der Waals surface area (Å²) < 4.78 is 5.21. The summed E-state index contributed by atoms with van der Waals surface area (Å²) in [6.45, 7) is 1.59. The number of carbonyl (C=O) groups excluding carboxylic acids is 2. The van der Waals surface area contributed by atoms with Crippen LogP contribution < -0.4 is 5.32 Å². The molecule has 1 aliphatic carbocycles. The number of ether oxygens (including phenoxy) is 1. The first kappa shape index (κ1) is 13.9. The van der Waals surface area contributed by atoms with Crippen LogP contribution in [0.3, 0.4) is 0 Å². The maximum absolute atomic E-state index is 12.0. The zero-order valence-electron chi connectivity index (χ0n) is 11.0. The summed E-state index contributed by atoms with van der Waals surface area (Å²) in [6.07, 6.45) is 3.17. The van der Waals surface area contributed by atoms with Crippen LogP contribution in [-0.2, 0) is 9.53 Å². The number of carbonyl (C=O) groups is 2. The Bertz CT molecular complexity index is 485. The molecule has 1 N–H and O–H groups in total. The van der Waals surface area contributed by atoms with Crippen LogP contribution in [0.15, 0.2) is 29.2 Å². The van der Waals surface area contributed by atoms with Gasteiger partial charge in [-0.1, -0.05) is 12.1 Å². The zero-order chi connectivity index (χ0) is 13.8. The van der Waals surface area contributed by atoms with Crippen LogP contribution >= 0.6 is 11.8 Å². The Hall–Kier alpha value is -1.49. The van der Waals surface area contributed by atoms with Crippen LogP contribution in [0.1, 0.15) is 30.1 Å². The van der Waals surface area contributed by atoms with Gasteiger partial charge in [-0.3, -0.25) is 4.79 Å². The van der Waals surface area contributed by atoms with Crippen molar-refractivity contribution < 1.29 is 14.3 Å². The Balaban J connectivity index is 1.97. The van der Waals surface area contributed by atoms with E-state index in [1.54, 1.807) is 19.1 Å². The molecule has 0 bridgehead atoms. The predicted octanol–water partition coefficient (Wildman–Crippen LogP) is 2.23. The van der Waals surface area contributed by atoms with E-state index >= 15 is 0 Å². The molecule has 0 heterocycles. The Labute approximate surface area is 116 Å². The molecule has 19 heavy (non-hydrogen) atoms. The fourth-order valence-electron chi connectivity index (χ4n) is 1.64. The minimum Gasteiger partial charge on any atom is -0.449 e. The molecule has 1 amide bonds. The van der Waals surface area contributed by atoms with Crippen LogP contribution in [0.25, 0.3) is 0 Å². The van der Waals surface area contributed by atoms with Crippen molar-refractivity contribution >= 4 is 23.6 Å². The van der Waals surface area contributed by atoms with E-state index in [0.29, 0.717) is 5.56 Å². The second kappa shape index (κ2) is 6.10. The molecule has 1 aliphatic rings. The topological polar surface area (TPSA) is 55.4 Å². The lowest BCUT2D eigenvalue weighted by atomic mass is 10.2. The predicted molar refractivity (Wildman–Crippen MR) is 74.3 cm³/mol. The normalized spacial score (nSPS) is 15.7. The molecule has 0 spiro atoms. The van der Waals surface area contributed by atoms with Crippen LogP contribution in [0.4, 0.5) is 0 Å². The highest BCUT2D eigenvalue weighted by Crippen LogP contribution is 2.21. The van der Waals surface area contributed by atoms with Gasteiger partial charge in [-0.2, -0.15) is 0 Å². The lowest BCUT2D eigenvalue weighted by Crippen LogP contribution is -2.37. The number of hydrogen-bond donors (Lipinski definition) is 1. The minimum absolute atomic E-state index is 0.225. The Morgan fingerprint density at radius 1 is 1.37 bits per heavy atom. The summed E-state index contributed by atoms with van der Waals surface area (Å²) in [6, 6.07) is 7.49. The third kappa shape index (κ3) is 3.73. The fourth-order valence-corrected chi connectivity index (χ4v) is 2.22. The maximum atomic E-state index is 12.0. The smallest absolute Gasteiger partial charge is 0.340 e. The van der Waals surface area contributed by atoms with Gasteiger partial charge in [-0.05, 0) is 38.2 Å². The number of amides is 1. The largest absolute Gasteiger partial charge is 0.449 e. The molecule has 2 rings (SSSR count). The van der Waals surface area contributed by atoms with Gasteiger partial charge < -0.3 is 10.1 Å². The molecule has 102 valence electrons. The fraction of sp³-hybridized carbons (Fsp3) is 0.429. The lowest BCUT2D eigenvalue weighted by molar-refractivity contribution is -0.129. The van der Waals surface area contributed by atoms with E-state index in [4.69, 9.17) is 4.74 Å². The molecule has 0 saturated heterocycles. The van der Waals surface area contributed by atoms with Crippen LogP contribution in [0.2, 0.25) is 0 Å². The Kier molecular flexibility index (Phi) is 4.47. The highest BCUT2D eigenvalue weighted by atomic mass is 32.2. The Morgan fingerprint density at radius 2 is 2.05 bits per heavy atom. The van der Waals surface area contributed by atoms with E-state index in [1.807, 2.05) is 18.4 Å². The van der Waals surface area contributed by atoms with E-state index in [1.165, 1.54) is 11.8 Å². The summed E-state index contributed by atoms with van der Waals surface area (Å²) in [5.74, 6) is -0.680. The summed E-state index contributed by atoms with van der Waals surface area (Å²) in [5, 5.41) is 2.82. The van der Waals surface area contributed by atoms with Gasteiger partial charge in [0.15, 0.2) is 6.10 Å². The van der Waals surface area contributed by atoms with Crippen molar-refractivity contribution in [3.8, 4) is 0 Å². The maximum Gasteiger partial charge on any atom is 0.340 e. The average molecular weight is 279 g/mol. The second-order valence-corrected chi connectivity index (χ2v) is 5.38. The van der Waals surface area contributed by atoms with Gasteiger partial charge in [-0.15, -0.1) is 11.8 Å². The van der Waals surface area contributed by atoms with Gasteiger partial charge in [-0.25, -0.2) is 4.79 Å². The summed E-state index contributed by atoms with van der Waals surface area (Å²) in [4.78, 5) is 24.6. The van der Waals surface area contributed by atoms with E-state index in [9.17, 15) is 9.59 Å². The second-order valence-electron chi connectivity index (χ2n) is 4.53. The molecule has 1 aromatic carbocycles. The average Bonchev–Trinajstić information content (AvgIpc) is 3.22. The van der Waals surface area contributed by atoms with Gasteiger partial charge in [0.2, 0.25) is 0 Å². The van der Waals surface area contributed by atoms with E-state index in [-0.39, 0.29) is 11.9 Å². The highest BCUT2D eigenvalue weighted by Gasteiger charge is 2.27. The first-order valence-corrected chi connectivity index (χ1v) is 7.48. The number of nitrogens with one attached hydrogen (secondary N) is 1. The van der Waals surface area contributed by atoms with E-state index in [0.717, 1.165) is 17.7 Å². The molecule has 1 atom stereocenters. The monoisotopic (exact) mass is 279 g/mol. The number of benzene rings is 1. The zero-order valence-corrected chi connectivity index (χ0v) is 11.8. The lowest BCUT2D eigenvalue weighted by Gasteiger charge is -2.14. The first-order chi connectivity index (χ1) is 9.11. The van der Waals surface area contributed by atoms with Gasteiger partial charge in [0.1, 0.15) is 0 Å². The van der Waals surface area contributed by atoms with Crippen molar-refractivity contribution in [3.05, 3.63) is 29.8 Å². The Morgan fingerprint density at radius 3 is 2.68 bits per heavy atom. The molecular formula is C14H17NO3S. The van der Waals surface area contributed by atoms with Crippen molar-refractivity contribution in [1.82, 2.24) is 5.32 Å².